The van der Waals surface area contributed by atoms with E-state index in [1.807, 2.05) is 0 Å². The van der Waals surface area contributed by atoms with Crippen molar-refractivity contribution in [2.75, 3.05) is 0 Å². The maximum atomic E-state index is 10.9. The Balaban J connectivity index is 2.45. The van der Waals surface area contributed by atoms with Crippen LogP contribution in [0, 0.1) is 13.8 Å². The highest BCUT2D eigenvalue weighted by Crippen LogP contribution is 2.52. The summed E-state index contributed by atoms with van der Waals surface area (Å²) in [5.41, 5.74) is 1.57. The molecule has 0 spiro atoms. The lowest BCUT2D eigenvalue weighted by molar-refractivity contribution is -0.148. The average Bonchev–Trinajstić information content (AvgIpc) is 3.05. The van der Waals surface area contributed by atoms with Crippen molar-refractivity contribution in [3.63, 3.8) is 0 Å². The first-order chi connectivity index (χ1) is 7.88. The minimum absolute atomic E-state index is 0.231. The number of hydrogen-bond donors (Lipinski definition) is 3. The van der Waals surface area contributed by atoms with Crippen molar-refractivity contribution in [1.29, 1.82) is 0 Å². The molecule has 1 aromatic carbocycles. The number of aliphatic hydroxyl groups excluding tert-OH is 1. The Kier molecular flexibility index (Phi) is 2.62. The predicted octanol–water partition coefficient (Wildman–Crippen LogP) is 1.49. The zero-order valence-corrected chi connectivity index (χ0v) is 9.90. The zero-order chi connectivity index (χ0) is 12.8. The molecule has 0 aromatic heterocycles. The molecule has 0 heterocycles. The lowest BCUT2D eigenvalue weighted by Gasteiger charge is -2.20. The van der Waals surface area contributed by atoms with Gasteiger partial charge < -0.3 is 15.3 Å². The molecule has 0 aliphatic heterocycles. The van der Waals surface area contributed by atoms with Crippen LogP contribution in [0.3, 0.4) is 0 Å². The summed E-state index contributed by atoms with van der Waals surface area (Å²) < 4.78 is 0. The van der Waals surface area contributed by atoms with Crippen molar-refractivity contribution in [2.24, 2.45) is 0 Å². The van der Waals surface area contributed by atoms with Gasteiger partial charge in [0, 0.05) is 5.41 Å². The summed E-state index contributed by atoms with van der Waals surface area (Å²) in [6.45, 7) is 3.55. The van der Waals surface area contributed by atoms with Gasteiger partial charge in [-0.25, -0.2) is 4.79 Å². The number of benzene rings is 1. The minimum atomic E-state index is -1.37. The maximum absolute atomic E-state index is 10.9. The number of aliphatic carboxylic acids is 1. The monoisotopic (exact) mass is 236 g/mol. The Morgan fingerprint density at radius 1 is 1.29 bits per heavy atom. The normalized spacial score (nSPS) is 18.8. The van der Waals surface area contributed by atoms with E-state index < -0.39 is 17.5 Å². The van der Waals surface area contributed by atoms with Gasteiger partial charge in [-0.15, -0.1) is 0 Å². The molecule has 1 aliphatic rings. The minimum Gasteiger partial charge on any atom is -0.507 e. The van der Waals surface area contributed by atoms with Gasteiger partial charge in [0.05, 0.1) is 0 Å². The van der Waals surface area contributed by atoms with Crippen molar-refractivity contribution in [2.45, 2.75) is 38.2 Å². The fourth-order valence-corrected chi connectivity index (χ4v) is 2.33. The number of carbonyl (C=O) groups is 1. The van der Waals surface area contributed by atoms with E-state index in [4.69, 9.17) is 5.11 Å². The Labute approximate surface area is 99.5 Å². The van der Waals surface area contributed by atoms with Crippen LogP contribution >= 0.6 is 0 Å². The first-order valence-electron chi connectivity index (χ1n) is 5.60. The molecule has 0 bridgehead atoms. The summed E-state index contributed by atoms with van der Waals surface area (Å²) in [6.07, 6.45) is -0.0281. The van der Waals surface area contributed by atoms with E-state index in [2.05, 4.69) is 0 Å². The van der Waals surface area contributed by atoms with Crippen LogP contribution in [0.15, 0.2) is 12.1 Å². The van der Waals surface area contributed by atoms with Crippen LogP contribution in [0.2, 0.25) is 0 Å². The molecule has 1 fully saturated rings. The molecule has 1 unspecified atom stereocenters. The van der Waals surface area contributed by atoms with Crippen molar-refractivity contribution in [3.8, 4) is 5.75 Å². The number of aryl methyl sites for hydroxylation is 2. The summed E-state index contributed by atoms with van der Waals surface area (Å²) in [7, 11) is 0. The Bertz CT molecular complexity index is 451. The highest BCUT2D eigenvalue weighted by atomic mass is 16.4. The molecule has 1 atom stereocenters. The summed E-state index contributed by atoms with van der Waals surface area (Å²) in [5, 5.41) is 28.4. The number of phenols is 1. The molecule has 0 amide bonds. The van der Waals surface area contributed by atoms with Gasteiger partial charge in [-0.1, -0.05) is 12.1 Å². The number of phenolic OH excluding ortho intramolecular Hbond substituents is 1. The summed E-state index contributed by atoms with van der Waals surface area (Å²) in [4.78, 5) is 10.9. The molecule has 2 rings (SSSR count). The van der Waals surface area contributed by atoms with Crippen molar-refractivity contribution in [1.82, 2.24) is 0 Å². The predicted molar refractivity (Wildman–Crippen MR) is 62.1 cm³/mol. The van der Waals surface area contributed by atoms with Gasteiger partial charge in [-0.05, 0) is 43.4 Å². The molecule has 92 valence electrons. The topological polar surface area (TPSA) is 77.8 Å². The van der Waals surface area contributed by atoms with Crippen molar-refractivity contribution < 1.29 is 20.1 Å². The summed E-state index contributed by atoms with van der Waals surface area (Å²) >= 11 is 0. The van der Waals surface area contributed by atoms with Gasteiger partial charge >= 0.3 is 5.97 Å². The number of aromatic hydroxyl groups is 1. The Hall–Kier alpha value is -1.55. The highest BCUT2D eigenvalue weighted by molar-refractivity contribution is 5.75. The lowest BCUT2D eigenvalue weighted by Crippen LogP contribution is -2.33. The van der Waals surface area contributed by atoms with E-state index in [0.717, 1.165) is 5.56 Å². The van der Waals surface area contributed by atoms with Gasteiger partial charge in [0.15, 0.2) is 6.10 Å². The number of carboxylic acid groups (broad SMARTS) is 1. The van der Waals surface area contributed by atoms with E-state index in [0.29, 0.717) is 24.0 Å². The molecule has 3 N–H and O–H groups in total. The number of carboxylic acids is 1. The summed E-state index contributed by atoms with van der Waals surface area (Å²) in [5.74, 6) is -0.958. The first kappa shape index (κ1) is 11.9. The second kappa shape index (κ2) is 3.74. The van der Waals surface area contributed by atoms with Crippen LogP contribution in [0.5, 0.6) is 5.75 Å². The van der Waals surface area contributed by atoms with Gasteiger partial charge in [-0.2, -0.15) is 0 Å². The quantitative estimate of drug-likeness (QED) is 0.743. The average molecular weight is 236 g/mol. The van der Waals surface area contributed by atoms with Crippen LogP contribution in [0.4, 0.5) is 0 Å². The van der Waals surface area contributed by atoms with E-state index in [1.165, 1.54) is 0 Å². The SMILES string of the molecule is Cc1cc(C2(C(O)C(=O)O)CC2)cc(C)c1O. The standard InChI is InChI=1S/C13H16O4/c1-7-5-9(6-8(2)10(7)14)13(3-4-13)11(15)12(16)17/h5-6,11,14-15H,3-4H2,1-2H3,(H,16,17). The van der Waals surface area contributed by atoms with Crippen LogP contribution < -0.4 is 0 Å². The molecule has 1 aromatic rings. The van der Waals surface area contributed by atoms with E-state index in [1.54, 1.807) is 26.0 Å². The van der Waals surface area contributed by atoms with Crippen molar-refractivity contribution in [3.05, 3.63) is 28.8 Å². The third kappa shape index (κ3) is 1.78. The van der Waals surface area contributed by atoms with Gasteiger partial charge in [0.25, 0.3) is 0 Å². The molecule has 0 radical (unpaired) electrons. The molecular weight excluding hydrogens is 220 g/mol. The zero-order valence-electron chi connectivity index (χ0n) is 9.90. The Morgan fingerprint density at radius 2 is 1.76 bits per heavy atom. The van der Waals surface area contributed by atoms with E-state index >= 15 is 0 Å². The third-order valence-corrected chi connectivity index (χ3v) is 3.61. The van der Waals surface area contributed by atoms with Gasteiger partial charge in [0.1, 0.15) is 5.75 Å². The smallest absolute Gasteiger partial charge is 0.333 e. The number of rotatable bonds is 3. The molecule has 1 saturated carbocycles. The van der Waals surface area contributed by atoms with Crippen LogP contribution in [0.1, 0.15) is 29.5 Å². The Morgan fingerprint density at radius 3 is 2.12 bits per heavy atom. The van der Waals surface area contributed by atoms with Gasteiger partial charge in [-0.3, -0.25) is 0 Å². The first-order valence-corrected chi connectivity index (χ1v) is 5.60. The second-order valence-corrected chi connectivity index (χ2v) is 4.86. The number of aliphatic hydroxyl groups is 1. The molecule has 17 heavy (non-hydrogen) atoms. The fraction of sp³-hybridized carbons (Fsp3) is 0.462. The summed E-state index contributed by atoms with van der Waals surface area (Å²) in [6, 6.07) is 3.53. The molecule has 0 saturated heterocycles. The molecular formula is C13H16O4. The molecule has 4 nitrogen and oxygen atoms in total. The highest BCUT2D eigenvalue weighted by Gasteiger charge is 2.53. The number of hydrogen-bond acceptors (Lipinski definition) is 3. The van der Waals surface area contributed by atoms with Crippen LogP contribution in [-0.4, -0.2) is 27.4 Å². The molecule has 1 aliphatic carbocycles. The van der Waals surface area contributed by atoms with Gasteiger partial charge in [0.2, 0.25) is 0 Å². The van der Waals surface area contributed by atoms with Crippen molar-refractivity contribution >= 4 is 5.97 Å². The third-order valence-electron chi connectivity index (χ3n) is 3.61. The molecule has 4 heteroatoms. The maximum Gasteiger partial charge on any atom is 0.333 e. The van der Waals surface area contributed by atoms with E-state index in [-0.39, 0.29) is 5.75 Å². The fourth-order valence-electron chi connectivity index (χ4n) is 2.33. The van der Waals surface area contributed by atoms with Crippen LogP contribution in [-0.2, 0) is 10.2 Å². The lowest BCUT2D eigenvalue weighted by atomic mass is 9.87. The second-order valence-electron chi connectivity index (χ2n) is 4.86. The van der Waals surface area contributed by atoms with Crippen LogP contribution in [0.25, 0.3) is 0 Å². The van der Waals surface area contributed by atoms with E-state index in [9.17, 15) is 15.0 Å². The largest absolute Gasteiger partial charge is 0.507 e.